The predicted molar refractivity (Wildman–Crippen MR) is 137 cm³/mol. The van der Waals surface area contributed by atoms with E-state index in [0.29, 0.717) is 43.0 Å². The maximum absolute atomic E-state index is 13.8. The van der Waals surface area contributed by atoms with Gasteiger partial charge in [0.25, 0.3) is 11.8 Å². The fraction of sp³-hybridized carbons (Fsp3) is 0.286. The van der Waals surface area contributed by atoms with Gasteiger partial charge >= 0.3 is 0 Å². The summed E-state index contributed by atoms with van der Waals surface area (Å²) in [6.45, 7) is 1.50. The van der Waals surface area contributed by atoms with Gasteiger partial charge in [-0.25, -0.2) is 0 Å². The molecule has 0 N–H and O–H groups in total. The molecule has 6 heteroatoms. The second-order valence-electron chi connectivity index (χ2n) is 8.56. The lowest BCUT2D eigenvalue weighted by atomic mass is 10.0. The number of carbonyl (C=O) groups is 2. The van der Waals surface area contributed by atoms with Crippen LogP contribution in [0.25, 0.3) is 0 Å². The van der Waals surface area contributed by atoms with E-state index in [0.717, 1.165) is 22.9 Å². The third kappa shape index (κ3) is 5.68. The summed E-state index contributed by atoms with van der Waals surface area (Å²) in [5.41, 5.74) is 2.32. The molecule has 0 bridgehead atoms. The van der Waals surface area contributed by atoms with E-state index >= 15 is 0 Å². The van der Waals surface area contributed by atoms with Crippen LogP contribution >= 0.6 is 15.9 Å². The molecule has 0 fully saturated rings. The van der Waals surface area contributed by atoms with Gasteiger partial charge in [-0.3, -0.25) is 9.59 Å². The van der Waals surface area contributed by atoms with Crippen molar-refractivity contribution in [1.29, 1.82) is 0 Å². The summed E-state index contributed by atoms with van der Waals surface area (Å²) in [6.07, 6.45) is 2.26. The van der Waals surface area contributed by atoms with Crippen molar-refractivity contribution in [3.05, 3.63) is 100 Å². The molecule has 34 heavy (non-hydrogen) atoms. The lowest BCUT2D eigenvalue weighted by Gasteiger charge is -2.33. The Morgan fingerprint density at radius 3 is 2.41 bits per heavy atom. The Kier molecular flexibility index (Phi) is 8.01. The minimum atomic E-state index is -0.192. The van der Waals surface area contributed by atoms with Crippen LogP contribution in [0.4, 0.5) is 0 Å². The van der Waals surface area contributed by atoms with E-state index in [1.165, 1.54) is 0 Å². The lowest BCUT2D eigenvalue weighted by molar-refractivity contribution is 0.0589. The first kappa shape index (κ1) is 24.0. The Labute approximate surface area is 209 Å². The molecule has 5 nitrogen and oxygen atoms in total. The van der Waals surface area contributed by atoms with Gasteiger partial charge in [-0.2, -0.15) is 0 Å². The molecule has 176 valence electrons. The number of rotatable bonds is 3. The zero-order chi connectivity index (χ0) is 23.9. The van der Waals surface area contributed by atoms with Crippen LogP contribution in [0.15, 0.2) is 83.3 Å². The van der Waals surface area contributed by atoms with Crippen molar-refractivity contribution in [1.82, 2.24) is 9.80 Å². The van der Waals surface area contributed by atoms with E-state index < -0.39 is 0 Å². The first-order valence-electron chi connectivity index (χ1n) is 11.6. The van der Waals surface area contributed by atoms with Crippen molar-refractivity contribution in [3.8, 4) is 5.75 Å². The highest BCUT2D eigenvalue weighted by atomic mass is 79.9. The number of fused-ring (bicyclic) bond motifs is 1. The standard InChI is InChI=1S/C28H29BrN2O3/c1-30-17-9-10-18-31(28(33)23-13-5-7-15-25(23)29)22(19-21-11-3-2-4-12-21)20-34-26-16-8-6-14-24(26)27(30)32/h2-8,11-16,22H,9-10,17-20H2,1H3/t22-/m0/s1. The molecule has 2 amide bonds. The summed E-state index contributed by atoms with van der Waals surface area (Å²) < 4.78 is 7.04. The smallest absolute Gasteiger partial charge is 0.257 e. The Hall–Kier alpha value is -3.12. The number of halogens is 1. The Morgan fingerprint density at radius 2 is 1.62 bits per heavy atom. The Bertz CT molecular complexity index is 1140. The summed E-state index contributed by atoms with van der Waals surface area (Å²) in [4.78, 5) is 30.4. The molecule has 1 atom stereocenters. The van der Waals surface area contributed by atoms with E-state index in [9.17, 15) is 9.59 Å². The average Bonchev–Trinajstić information content (AvgIpc) is 2.86. The first-order valence-corrected chi connectivity index (χ1v) is 12.4. The van der Waals surface area contributed by atoms with E-state index in [4.69, 9.17) is 4.74 Å². The topological polar surface area (TPSA) is 49.9 Å². The highest BCUT2D eigenvalue weighted by Crippen LogP contribution is 2.24. The van der Waals surface area contributed by atoms with Gasteiger partial charge in [0.05, 0.1) is 17.2 Å². The van der Waals surface area contributed by atoms with Crippen LogP contribution in [0, 0.1) is 0 Å². The monoisotopic (exact) mass is 520 g/mol. The molecule has 0 radical (unpaired) electrons. The molecule has 0 saturated carbocycles. The van der Waals surface area contributed by atoms with Crippen LogP contribution in [-0.2, 0) is 6.42 Å². The van der Waals surface area contributed by atoms with Gasteiger partial charge in [0.15, 0.2) is 0 Å². The molecule has 0 aromatic heterocycles. The summed E-state index contributed by atoms with van der Waals surface area (Å²) in [6, 6.07) is 24.8. The highest BCUT2D eigenvalue weighted by Gasteiger charge is 2.28. The van der Waals surface area contributed by atoms with Gasteiger partial charge in [0.1, 0.15) is 12.4 Å². The summed E-state index contributed by atoms with van der Waals surface area (Å²) >= 11 is 3.55. The predicted octanol–water partition coefficient (Wildman–Crippen LogP) is 5.45. The van der Waals surface area contributed by atoms with Crippen molar-refractivity contribution >= 4 is 27.7 Å². The van der Waals surface area contributed by atoms with Crippen LogP contribution in [0.5, 0.6) is 5.75 Å². The lowest BCUT2D eigenvalue weighted by Crippen LogP contribution is -2.46. The first-order chi connectivity index (χ1) is 16.5. The van der Waals surface area contributed by atoms with Crippen molar-refractivity contribution < 1.29 is 14.3 Å². The van der Waals surface area contributed by atoms with Crippen LogP contribution in [-0.4, -0.2) is 54.4 Å². The van der Waals surface area contributed by atoms with Crippen LogP contribution in [0.2, 0.25) is 0 Å². The zero-order valence-corrected chi connectivity index (χ0v) is 20.9. The van der Waals surface area contributed by atoms with E-state index in [1.807, 2.05) is 72.6 Å². The van der Waals surface area contributed by atoms with Gasteiger partial charge in [-0.1, -0.05) is 54.6 Å². The maximum atomic E-state index is 13.8. The van der Waals surface area contributed by atoms with E-state index in [1.54, 1.807) is 11.0 Å². The fourth-order valence-electron chi connectivity index (χ4n) is 4.28. The van der Waals surface area contributed by atoms with Crippen molar-refractivity contribution in [2.24, 2.45) is 0 Å². The average molecular weight is 521 g/mol. The molecule has 1 aliphatic rings. The number of hydrogen-bond acceptors (Lipinski definition) is 3. The number of ether oxygens (including phenoxy) is 1. The normalized spacial score (nSPS) is 17.2. The van der Waals surface area contributed by atoms with Gasteiger partial charge in [-0.05, 0) is 65.0 Å². The van der Waals surface area contributed by atoms with Gasteiger partial charge < -0.3 is 14.5 Å². The third-order valence-corrected chi connectivity index (χ3v) is 6.85. The number of para-hydroxylation sites is 1. The molecule has 0 aliphatic carbocycles. The van der Waals surface area contributed by atoms with Crippen molar-refractivity contribution in [2.45, 2.75) is 25.3 Å². The summed E-state index contributed by atoms with van der Waals surface area (Å²) in [7, 11) is 1.81. The minimum Gasteiger partial charge on any atom is -0.491 e. The molecule has 4 rings (SSSR count). The van der Waals surface area contributed by atoms with Gasteiger partial charge in [-0.15, -0.1) is 0 Å². The number of carbonyl (C=O) groups excluding carboxylic acids is 2. The molecule has 0 spiro atoms. The van der Waals surface area contributed by atoms with Crippen LogP contribution in [0.1, 0.15) is 39.1 Å². The molecular weight excluding hydrogens is 492 g/mol. The molecular formula is C28H29BrN2O3. The molecule has 0 unspecified atom stereocenters. The Morgan fingerprint density at radius 1 is 0.941 bits per heavy atom. The molecule has 3 aromatic rings. The van der Waals surface area contributed by atoms with Crippen molar-refractivity contribution in [2.75, 3.05) is 26.7 Å². The minimum absolute atomic E-state index is 0.0215. The Balaban J connectivity index is 1.70. The van der Waals surface area contributed by atoms with Gasteiger partial charge in [0, 0.05) is 24.6 Å². The largest absolute Gasteiger partial charge is 0.491 e. The highest BCUT2D eigenvalue weighted by molar-refractivity contribution is 9.10. The second-order valence-corrected chi connectivity index (χ2v) is 9.42. The number of amides is 2. The van der Waals surface area contributed by atoms with Gasteiger partial charge in [0.2, 0.25) is 0 Å². The summed E-state index contributed by atoms with van der Waals surface area (Å²) in [5, 5.41) is 0. The summed E-state index contributed by atoms with van der Waals surface area (Å²) in [5.74, 6) is 0.481. The molecule has 1 aliphatic heterocycles. The van der Waals surface area contributed by atoms with Crippen molar-refractivity contribution in [3.63, 3.8) is 0 Å². The SMILES string of the molecule is CN1CCCCN(C(=O)c2ccccc2Br)[C@@H](Cc2ccccc2)COc2ccccc2C1=O. The zero-order valence-electron chi connectivity index (χ0n) is 19.3. The van der Waals surface area contributed by atoms with Crippen LogP contribution in [0.3, 0.4) is 0 Å². The quantitative estimate of drug-likeness (QED) is 0.461. The van der Waals surface area contributed by atoms with Crippen LogP contribution < -0.4 is 4.74 Å². The molecule has 0 saturated heterocycles. The number of nitrogens with zero attached hydrogens (tertiary/aromatic N) is 2. The number of benzene rings is 3. The fourth-order valence-corrected chi connectivity index (χ4v) is 4.73. The maximum Gasteiger partial charge on any atom is 0.257 e. The van der Waals surface area contributed by atoms with E-state index in [-0.39, 0.29) is 17.9 Å². The third-order valence-electron chi connectivity index (χ3n) is 6.16. The molecule has 3 aromatic carbocycles. The number of hydrogen-bond donors (Lipinski definition) is 0. The van der Waals surface area contributed by atoms with E-state index in [2.05, 4.69) is 28.1 Å². The molecule has 1 heterocycles. The second kappa shape index (κ2) is 11.3.